The minimum Gasteiger partial charge on any atom is -0.355 e. The van der Waals surface area contributed by atoms with Crippen molar-refractivity contribution in [2.45, 2.75) is 5.92 Å². The van der Waals surface area contributed by atoms with Crippen LogP contribution in [0.5, 0.6) is 0 Å². The maximum atomic E-state index is 12.0. The third-order valence-electron chi connectivity index (χ3n) is 3.29. The number of nitrogens with two attached hydrogens (primary N) is 1. The number of hydrogen-bond acceptors (Lipinski definition) is 3. The Morgan fingerprint density at radius 2 is 2.11 bits per heavy atom. The molecule has 1 fully saturated rings. The van der Waals surface area contributed by atoms with Crippen LogP contribution in [-0.4, -0.2) is 32.1 Å². The maximum absolute atomic E-state index is 12.0. The Morgan fingerprint density at radius 3 is 2.78 bits per heavy atom. The Labute approximate surface area is 112 Å². The molecule has 1 aromatic rings. The molecule has 0 saturated carbocycles. The summed E-state index contributed by atoms with van der Waals surface area (Å²) in [5, 5.41) is 6.84. The molecule has 1 aliphatic rings. The maximum Gasteiger partial charge on any atom is 0.225 e. The second kappa shape index (κ2) is 6.18. The largest absolute Gasteiger partial charge is 0.355 e. The first-order valence-electron chi connectivity index (χ1n) is 6.16. The second-order valence-electron chi connectivity index (χ2n) is 4.50. The number of nitrogens with one attached hydrogen (secondary N) is 2. The van der Waals surface area contributed by atoms with E-state index in [9.17, 15) is 4.79 Å². The lowest BCUT2D eigenvalue weighted by atomic mass is 9.88. The first kappa shape index (κ1) is 13.3. The van der Waals surface area contributed by atoms with Gasteiger partial charge in [-0.1, -0.05) is 23.7 Å². The Bertz CT molecular complexity index is 407. The zero-order valence-corrected chi connectivity index (χ0v) is 10.9. The summed E-state index contributed by atoms with van der Waals surface area (Å²) >= 11 is 5.88. The van der Waals surface area contributed by atoms with E-state index in [1.54, 1.807) is 0 Å². The summed E-state index contributed by atoms with van der Waals surface area (Å²) in [5.74, 6) is 0.253. The predicted octanol–water partition coefficient (Wildman–Crippen LogP) is 0.718. The number of carbonyl (C=O) groups is 1. The molecule has 0 unspecified atom stereocenters. The van der Waals surface area contributed by atoms with Crippen molar-refractivity contribution in [2.24, 2.45) is 11.7 Å². The average molecular weight is 268 g/mol. The lowest BCUT2D eigenvalue weighted by Gasteiger charge is -2.18. The highest BCUT2D eigenvalue weighted by Gasteiger charge is 2.33. The number of halogens is 1. The van der Waals surface area contributed by atoms with Gasteiger partial charge in [-0.25, -0.2) is 0 Å². The lowest BCUT2D eigenvalue weighted by Crippen LogP contribution is -2.37. The van der Waals surface area contributed by atoms with Crippen molar-refractivity contribution in [1.82, 2.24) is 10.6 Å². The Kier molecular flexibility index (Phi) is 4.58. The summed E-state index contributed by atoms with van der Waals surface area (Å²) in [4.78, 5) is 12.0. The van der Waals surface area contributed by atoms with E-state index in [0.29, 0.717) is 24.7 Å². The van der Waals surface area contributed by atoms with Gasteiger partial charge in [-0.05, 0) is 17.7 Å². The van der Waals surface area contributed by atoms with Crippen LogP contribution in [0.1, 0.15) is 11.5 Å². The van der Waals surface area contributed by atoms with E-state index in [0.717, 1.165) is 12.1 Å². The highest BCUT2D eigenvalue weighted by molar-refractivity contribution is 6.30. The van der Waals surface area contributed by atoms with Gasteiger partial charge in [-0.2, -0.15) is 0 Å². The van der Waals surface area contributed by atoms with Crippen LogP contribution < -0.4 is 16.4 Å². The molecule has 2 atom stereocenters. The summed E-state index contributed by atoms with van der Waals surface area (Å²) < 4.78 is 0. The van der Waals surface area contributed by atoms with Crippen LogP contribution in [0.3, 0.4) is 0 Å². The van der Waals surface area contributed by atoms with Gasteiger partial charge in [0.1, 0.15) is 0 Å². The number of amides is 1. The molecule has 1 amide bonds. The number of benzene rings is 1. The van der Waals surface area contributed by atoms with Crippen LogP contribution in [-0.2, 0) is 4.79 Å². The molecule has 1 heterocycles. The molecule has 0 radical (unpaired) electrons. The minimum atomic E-state index is -0.0299. The Morgan fingerprint density at radius 1 is 1.39 bits per heavy atom. The molecule has 1 saturated heterocycles. The van der Waals surface area contributed by atoms with Gasteiger partial charge >= 0.3 is 0 Å². The highest BCUT2D eigenvalue weighted by atomic mass is 35.5. The topological polar surface area (TPSA) is 67.1 Å². The van der Waals surface area contributed by atoms with E-state index in [4.69, 9.17) is 17.3 Å². The summed E-state index contributed by atoms with van der Waals surface area (Å²) in [6.45, 7) is 2.53. The van der Waals surface area contributed by atoms with Gasteiger partial charge in [0, 0.05) is 37.1 Å². The molecule has 4 nitrogen and oxygen atoms in total. The Balaban J connectivity index is 2.07. The zero-order chi connectivity index (χ0) is 13.0. The van der Waals surface area contributed by atoms with Gasteiger partial charge in [0.15, 0.2) is 0 Å². The fraction of sp³-hybridized carbons (Fsp3) is 0.462. The first-order chi connectivity index (χ1) is 8.72. The van der Waals surface area contributed by atoms with E-state index >= 15 is 0 Å². The first-order valence-corrected chi connectivity index (χ1v) is 6.54. The lowest BCUT2D eigenvalue weighted by molar-refractivity contribution is -0.124. The highest BCUT2D eigenvalue weighted by Crippen LogP contribution is 2.29. The molecule has 1 aliphatic heterocycles. The van der Waals surface area contributed by atoms with E-state index < -0.39 is 0 Å². The van der Waals surface area contributed by atoms with Crippen molar-refractivity contribution in [3.63, 3.8) is 0 Å². The van der Waals surface area contributed by atoms with E-state index in [1.165, 1.54) is 0 Å². The minimum absolute atomic E-state index is 0.0299. The van der Waals surface area contributed by atoms with E-state index in [1.807, 2.05) is 24.3 Å². The van der Waals surface area contributed by atoms with Crippen molar-refractivity contribution in [3.05, 3.63) is 34.9 Å². The van der Waals surface area contributed by atoms with Crippen LogP contribution in [0.15, 0.2) is 24.3 Å². The van der Waals surface area contributed by atoms with Gasteiger partial charge in [0.2, 0.25) is 5.91 Å². The number of rotatable bonds is 4. The van der Waals surface area contributed by atoms with Crippen molar-refractivity contribution in [3.8, 4) is 0 Å². The fourth-order valence-corrected chi connectivity index (χ4v) is 2.47. The Hall–Kier alpha value is -1.10. The van der Waals surface area contributed by atoms with Gasteiger partial charge in [0.25, 0.3) is 0 Å². The monoisotopic (exact) mass is 267 g/mol. The van der Waals surface area contributed by atoms with Crippen molar-refractivity contribution < 1.29 is 4.79 Å². The third kappa shape index (κ3) is 3.02. The molecule has 2 rings (SSSR count). The number of carbonyl (C=O) groups excluding carboxylic acids is 1. The molecule has 0 bridgehead atoms. The molecule has 0 spiro atoms. The number of hydrogen-bond donors (Lipinski definition) is 3. The second-order valence-corrected chi connectivity index (χ2v) is 4.94. The van der Waals surface area contributed by atoms with Crippen molar-refractivity contribution in [2.75, 3.05) is 26.2 Å². The van der Waals surface area contributed by atoms with Crippen molar-refractivity contribution in [1.29, 1.82) is 0 Å². The molecule has 4 N–H and O–H groups in total. The molecular formula is C13H18ClN3O. The van der Waals surface area contributed by atoms with Crippen LogP contribution in [0, 0.1) is 5.92 Å². The summed E-state index contributed by atoms with van der Waals surface area (Å²) in [6.07, 6.45) is 0. The molecular weight excluding hydrogens is 250 g/mol. The fourth-order valence-electron chi connectivity index (χ4n) is 2.34. The molecule has 1 aromatic carbocycles. The van der Waals surface area contributed by atoms with E-state index in [2.05, 4.69) is 10.6 Å². The summed E-state index contributed by atoms with van der Waals surface area (Å²) in [5.41, 5.74) is 6.54. The van der Waals surface area contributed by atoms with Gasteiger partial charge in [-0.15, -0.1) is 0 Å². The van der Waals surface area contributed by atoms with Crippen LogP contribution in [0.2, 0.25) is 5.02 Å². The van der Waals surface area contributed by atoms with Crippen LogP contribution in [0.25, 0.3) is 0 Å². The standard InChI is InChI=1S/C13H18ClN3O/c14-10-3-1-9(2-4-10)11-7-16-8-12(11)13(18)17-6-5-15/h1-4,11-12,16H,5-8,15H2,(H,17,18)/t11-,12+/m0/s1. The third-order valence-corrected chi connectivity index (χ3v) is 3.54. The predicted molar refractivity (Wildman–Crippen MR) is 72.6 cm³/mol. The average Bonchev–Trinajstić information content (AvgIpc) is 2.86. The van der Waals surface area contributed by atoms with Gasteiger partial charge < -0.3 is 16.4 Å². The molecule has 18 heavy (non-hydrogen) atoms. The quantitative estimate of drug-likeness (QED) is 0.753. The summed E-state index contributed by atoms with van der Waals surface area (Å²) in [7, 11) is 0. The molecule has 0 aromatic heterocycles. The summed E-state index contributed by atoms with van der Waals surface area (Å²) in [6, 6.07) is 7.71. The smallest absolute Gasteiger partial charge is 0.225 e. The molecule has 0 aliphatic carbocycles. The van der Waals surface area contributed by atoms with Crippen molar-refractivity contribution >= 4 is 17.5 Å². The molecule has 5 heteroatoms. The SMILES string of the molecule is NCCNC(=O)[C@@H]1CNC[C@H]1c1ccc(Cl)cc1. The van der Waals surface area contributed by atoms with E-state index in [-0.39, 0.29) is 17.7 Å². The van der Waals surface area contributed by atoms with Gasteiger partial charge in [0.05, 0.1) is 5.92 Å². The zero-order valence-electron chi connectivity index (χ0n) is 10.2. The van der Waals surface area contributed by atoms with Crippen LogP contribution >= 0.6 is 11.6 Å². The van der Waals surface area contributed by atoms with Gasteiger partial charge in [-0.3, -0.25) is 4.79 Å². The normalized spacial score (nSPS) is 23.0. The van der Waals surface area contributed by atoms with Crippen LogP contribution in [0.4, 0.5) is 0 Å². The molecule has 98 valence electrons.